The van der Waals surface area contributed by atoms with E-state index >= 15 is 0 Å². The molecule has 0 bridgehead atoms. The first-order chi connectivity index (χ1) is 8.54. The highest BCUT2D eigenvalue weighted by Crippen LogP contribution is 2.45. The number of nitrogens with zero attached hydrogens (tertiary/aromatic N) is 2. The highest BCUT2D eigenvalue weighted by molar-refractivity contribution is 7.44. The molecular formula is C12H26N3O2P. The molecule has 0 fully saturated rings. The van der Waals surface area contributed by atoms with Gasteiger partial charge in [0.1, 0.15) is 0 Å². The van der Waals surface area contributed by atoms with Crippen molar-refractivity contribution < 1.29 is 9.05 Å². The van der Waals surface area contributed by atoms with E-state index in [4.69, 9.17) is 20.0 Å². The van der Waals surface area contributed by atoms with Gasteiger partial charge >= 0.3 is 0 Å². The Bertz CT molecular complexity index is 236. The number of nitriles is 1. The first-order valence-corrected chi connectivity index (χ1v) is 7.58. The summed E-state index contributed by atoms with van der Waals surface area (Å²) in [7, 11) is -1.10. The van der Waals surface area contributed by atoms with Crippen LogP contribution in [0.5, 0.6) is 0 Å². The molecule has 2 N–H and O–H groups in total. The molecule has 0 rings (SSSR count). The third-order valence-electron chi connectivity index (χ3n) is 2.21. The number of hydrogen-bond acceptors (Lipinski definition) is 5. The van der Waals surface area contributed by atoms with Crippen LogP contribution in [-0.2, 0) is 9.05 Å². The van der Waals surface area contributed by atoms with Gasteiger partial charge < -0.3 is 14.8 Å². The average molecular weight is 275 g/mol. The van der Waals surface area contributed by atoms with E-state index in [1.54, 1.807) is 0 Å². The van der Waals surface area contributed by atoms with Crippen LogP contribution in [-0.4, -0.2) is 36.5 Å². The zero-order chi connectivity index (χ0) is 14.0. The summed E-state index contributed by atoms with van der Waals surface area (Å²) in [5.74, 6) is 0. The number of hydrogen-bond donors (Lipinski definition) is 1. The summed E-state index contributed by atoms with van der Waals surface area (Å²) in [5, 5.41) is 8.56. The molecule has 0 aliphatic rings. The highest BCUT2D eigenvalue weighted by Gasteiger charge is 2.26. The first-order valence-electron chi connectivity index (χ1n) is 6.45. The van der Waals surface area contributed by atoms with Crippen molar-refractivity contribution in [1.82, 2.24) is 4.67 Å². The minimum atomic E-state index is -1.10. The van der Waals surface area contributed by atoms with Gasteiger partial charge in [0.05, 0.1) is 25.7 Å². The van der Waals surface area contributed by atoms with E-state index in [1.165, 1.54) is 0 Å². The van der Waals surface area contributed by atoms with Gasteiger partial charge in [-0.1, -0.05) is 0 Å². The van der Waals surface area contributed by atoms with Crippen LogP contribution in [0.1, 0.15) is 40.5 Å². The lowest BCUT2D eigenvalue weighted by atomic mass is 10.3. The van der Waals surface area contributed by atoms with E-state index in [2.05, 4.69) is 38.4 Å². The topological polar surface area (TPSA) is 71.5 Å². The summed E-state index contributed by atoms with van der Waals surface area (Å²) in [6.45, 7) is 10.1. The molecule has 1 unspecified atom stereocenters. The lowest BCUT2D eigenvalue weighted by molar-refractivity contribution is 0.176. The molecule has 106 valence electrons. The Kier molecular flexibility index (Phi) is 10.5. The maximum absolute atomic E-state index is 8.56. The third kappa shape index (κ3) is 7.25. The molecular weight excluding hydrogens is 249 g/mol. The Hall–Kier alpha value is -0.240. The van der Waals surface area contributed by atoms with Crippen LogP contribution in [0.3, 0.4) is 0 Å². The van der Waals surface area contributed by atoms with Crippen LogP contribution < -0.4 is 5.73 Å². The van der Waals surface area contributed by atoms with E-state index in [-0.39, 0.29) is 0 Å². The van der Waals surface area contributed by atoms with E-state index < -0.39 is 8.53 Å². The quantitative estimate of drug-likeness (QED) is 0.490. The third-order valence-corrected chi connectivity index (χ3v) is 4.32. The molecule has 1 atom stereocenters. The smallest absolute Gasteiger partial charge is 0.259 e. The Labute approximate surface area is 112 Å². The Balaban J connectivity index is 4.44. The molecule has 0 saturated carbocycles. The van der Waals surface area contributed by atoms with E-state index in [9.17, 15) is 0 Å². The van der Waals surface area contributed by atoms with Gasteiger partial charge in [-0.3, -0.25) is 0 Å². The van der Waals surface area contributed by atoms with Crippen LogP contribution in [0.4, 0.5) is 0 Å². The van der Waals surface area contributed by atoms with E-state index in [0.717, 1.165) is 6.42 Å². The molecule has 5 nitrogen and oxygen atoms in total. The second-order valence-corrected chi connectivity index (χ2v) is 5.98. The van der Waals surface area contributed by atoms with Gasteiger partial charge in [0.25, 0.3) is 8.53 Å². The first kappa shape index (κ1) is 17.8. The second-order valence-electron chi connectivity index (χ2n) is 4.52. The zero-order valence-electron chi connectivity index (χ0n) is 11.9. The zero-order valence-corrected chi connectivity index (χ0v) is 12.8. The SMILES string of the molecule is CC(C)N(C(C)C)P(OCCC#N)OCCCN. The fourth-order valence-corrected chi connectivity index (χ4v) is 3.17. The maximum Gasteiger partial charge on any atom is 0.259 e. The Morgan fingerprint density at radius 1 is 1.17 bits per heavy atom. The molecule has 0 aromatic carbocycles. The number of rotatable bonds is 10. The minimum absolute atomic E-state index is 0.344. The fraction of sp³-hybridized carbons (Fsp3) is 0.917. The van der Waals surface area contributed by atoms with Gasteiger partial charge in [-0.2, -0.15) is 5.26 Å². The lowest BCUT2D eigenvalue weighted by Gasteiger charge is -2.35. The molecule has 0 aliphatic carbocycles. The number of nitrogens with two attached hydrogens (primary N) is 1. The monoisotopic (exact) mass is 275 g/mol. The van der Waals surface area contributed by atoms with Crippen molar-refractivity contribution in [2.75, 3.05) is 19.8 Å². The van der Waals surface area contributed by atoms with Crippen molar-refractivity contribution in [1.29, 1.82) is 5.26 Å². The predicted molar refractivity (Wildman–Crippen MR) is 74.8 cm³/mol. The summed E-state index contributed by atoms with van der Waals surface area (Å²) in [6.07, 6.45) is 1.22. The molecule has 0 aliphatic heterocycles. The van der Waals surface area contributed by atoms with Crippen LogP contribution in [0.15, 0.2) is 0 Å². The molecule has 0 aromatic heterocycles. The Morgan fingerprint density at radius 3 is 2.17 bits per heavy atom. The largest absolute Gasteiger partial charge is 0.330 e. The summed E-state index contributed by atoms with van der Waals surface area (Å²) in [5.41, 5.74) is 5.46. The van der Waals surface area contributed by atoms with Crippen molar-refractivity contribution in [3.05, 3.63) is 0 Å². The van der Waals surface area contributed by atoms with Crippen molar-refractivity contribution in [3.63, 3.8) is 0 Å². The second kappa shape index (κ2) is 10.7. The summed E-state index contributed by atoms with van der Waals surface area (Å²) in [6, 6.07) is 2.77. The Morgan fingerprint density at radius 2 is 1.72 bits per heavy atom. The lowest BCUT2D eigenvalue weighted by Crippen LogP contribution is -2.33. The van der Waals surface area contributed by atoms with Gasteiger partial charge in [0.15, 0.2) is 0 Å². The van der Waals surface area contributed by atoms with Gasteiger partial charge in [-0.05, 0) is 40.7 Å². The molecule has 6 heteroatoms. The molecule has 0 amide bonds. The fourth-order valence-electron chi connectivity index (χ4n) is 1.54. The van der Waals surface area contributed by atoms with Gasteiger partial charge in [0.2, 0.25) is 0 Å². The maximum atomic E-state index is 8.56. The summed E-state index contributed by atoms with van der Waals surface area (Å²) < 4.78 is 13.7. The molecule has 0 heterocycles. The molecule has 0 aromatic rings. The molecule has 0 radical (unpaired) electrons. The van der Waals surface area contributed by atoms with Crippen LogP contribution in [0, 0.1) is 11.3 Å². The standard InChI is InChI=1S/C12H26N3O2P/c1-11(2)15(12(3)4)18(16-9-5-7-13)17-10-6-8-14/h11-12H,5-7,9-10,13H2,1-4H3. The summed E-state index contributed by atoms with van der Waals surface area (Å²) in [4.78, 5) is 0. The molecule has 0 spiro atoms. The average Bonchev–Trinajstić information content (AvgIpc) is 2.28. The molecule has 18 heavy (non-hydrogen) atoms. The predicted octanol–water partition coefficient (Wildman–Crippen LogP) is 2.63. The van der Waals surface area contributed by atoms with Crippen LogP contribution >= 0.6 is 8.53 Å². The van der Waals surface area contributed by atoms with Crippen molar-refractivity contribution in [2.45, 2.75) is 52.6 Å². The minimum Gasteiger partial charge on any atom is -0.330 e. The van der Waals surface area contributed by atoms with Crippen LogP contribution in [0.2, 0.25) is 0 Å². The van der Waals surface area contributed by atoms with E-state index in [0.29, 0.717) is 38.3 Å². The molecule has 0 saturated heterocycles. The van der Waals surface area contributed by atoms with Crippen molar-refractivity contribution >= 4 is 8.53 Å². The van der Waals surface area contributed by atoms with Crippen LogP contribution in [0.25, 0.3) is 0 Å². The van der Waals surface area contributed by atoms with E-state index in [1.807, 2.05) is 0 Å². The van der Waals surface area contributed by atoms with Gasteiger partial charge in [-0.15, -0.1) is 0 Å². The summed E-state index contributed by atoms with van der Waals surface area (Å²) >= 11 is 0. The van der Waals surface area contributed by atoms with Gasteiger partial charge in [0, 0.05) is 12.1 Å². The van der Waals surface area contributed by atoms with Crippen molar-refractivity contribution in [3.8, 4) is 6.07 Å². The highest BCUT2D eigenvalue weighted by atomic mass is 31.2. The van der Waals surface area contributed by atoms with Crippen molar-refractivity contribution in [2.24, 2.45) is 5.73 Å². The normalized spacial score (nSPS) is 13.3. The van der Waals surface area contributed by atoms with Gasteiger partial charge in [-0.25, -0.2) is 4.67 Å².